The third kappa shape index (κ3) is 7.06. The van der Waals surface area contributed by atoms with E-state index in [0.717, 1.165) is 37.8 Å². The fourth-order valence-electron chi connectivity index (χ4n) is 4.62. The van der Waals surface area contributed by atoms with Crippen molar-refractivity contribution in [1.29, 1.82) is 0 Å². The minimum atomic E-state index is -0.550. The minimum absolute atomic E-state index is 0.0244. The summed E-state index contributed by atoms with van der Waals surface area (Å²) in [4.78, 5) is 46.6. The predicted octanol–water partition coefficient (Wildman–Crippen LogP) is 1.46. The van der Waals surface area contributed by atoms with Crippen LogP contribution in [0.3, 0.4) is 0 Å². The van der Waals surface area contributed by atoms with Gasteiger partial charge in [-0.05, 0) is 12.5 Å². The Morgan fingerprint density at radius 1 is 0.927 bits per heavy atom. The molecule has 0 bridgehead atoms. The smallest absolute Gasteiger partial charge is 0.243 e. The molecule has 0 aliphatic carbocycles. The van der Waals surface area contributed by atoms with Crippen molar-refractivity contribution in [1.82, 2.24) is 25.4 Å². The lowest BCUT2D eigenvalue weighted by molar-refractivity contribution is -0.129. The number of carbonyl (C=O) groups excluding carboxylic acids is 2. The number of anilines is 5. The maximum absolute atomic E-state index is 12.6. The Labute approximate surface area is 236 Å². The van der Waals surface area contributed by atoms with Crippen LogP contribution < -0.4 is 30.7 Å². The van der Waals surface area contributed by atoms with Crippen LogP contribution in [0, 0.1) is 0 Å². The predicted molar refractivity (Wildman–Crippen MR) is 150 cm³/mol. The summed E-state index contributed by atoms with van der Waals surface area (Å²) in [5, 5.41) is 15.4. The van der Waals surface area contributed by atoms with Crippen LogP contribution >= 0.6 is 0 Å². The van der Waals surface area contributed by atoms with Gasteiger partial charge in [-0.3, -0.25) is 14.8 Å². The largest absolute Gasteiger partial charge is 0.494 e. The molecule has 5 rings (SSSR count). The van der Waals surface area contributed by atoms with Gasteiger partial charge in [0, 0.05) is 56.5 Å². The van der Waals surface area contributed by atoms with Crippen LogP contribution in [-0.2, 0) is 19.1 Å². The highest BCUT2D eigenvalue weighted by Gasteiger charge is 2.20. The van der Waals surface area contributed by atoms with Crippen LogP contribution in [0.15, 0.2) is 24.5 Å². The van der Waals surface area contributed by atoms with E-state index < -0.39 is 5.91 Å². The van der Waals surface area contributed by atoms with Gasteiger partial charge in [-0.15, -0.1) is 0 Å². The van der Waals surface area contributed by atoms with Gasteiger partial charge in [0.25, 0.3) is 0 Å². The maximum Gasteiger partial charge on any atom is 0.243 e. The van der Waals surface area contributed by atoms with E-state index in [1.807, 2.05) is 6.07 Å². The normalized spacial score (nSPS) is 15.5. The topological polar surface area (TPSA) is 176 Å². The molecule has 3 aromatic rings. The van der Waals surface area contributed by atoms with E-state index in [9.17, 15) is 9.59 Å². The molecule has 4 heterocycles. The van der Waals surface area contributed by atoms with Gasteiger partial charge in [0.2, 0.25) is 17.8 Å². The highest BCUT2D eigenvalue weighted by Crippen LogP contribution is 2.33. The van der Waals surface area contributed by atoms with E-state index in [4.69, 9.17) is 29.4 Å². The van der Waals surface area contributed by atoms with E-state index in [1.54, 1.807) is 17.6 Å². The van der Waals surface area contributed by atoms with Gasteiger partial charge in [0.1, 0.15) is 29.5 Å². The summed E-state index contributed by atoms with van der Waals surface area (Å²) in [6, 6.07) is 5.42. The lowest BCUT2D eigenvalue weighted by atomic mass is 10.1. The molecule has 218 valence electrons. The molecule has 0 saturated carbocycles. The number of aromatic nitrogens is 4. The Hall–Kier alpha value is -4.34. The minimum Gasteiger partial charge on any atom is -0.494 e. The molecule has 2 amide bonds. The van der Waals surface area contributed by atoms with Crippen molar-refractivity contribution >= 4 is 51.8 Å². The molecule has 2 saturated heterocycles. The molecule has 41 heavy (non-hydrogen) atoms. The number of morpholine rings is 2. The molecule has 4 N–H and O–H groups in total. The summed E-state index contributed by atoms with van der Waals surface area (Å²) in [5.74, 6) is 1.97. The van der Waals surface area contributed by atoms with Gasteiger partial charge in [-0.2, -0.15) is 9.97 Å². The number of nitrogens with one attached hydrogen (secondary N) is 3. The van der Waals surface area contributed by atoms with Crippen LogP contribution in [0.5, 0.6) is 5.75 Å². The van der Waals surface area contributed by atoms with Crippen LogP contribution in [-0.4, -0.2) is 96.7 Å². The van der Waals surface area contributed by atoms with Gasteiger partial charge < -0.3 is 34.6 Å². The number of rotatable bonds is 10. The van der Waals surface area contributed by atoms with Gasteiger partial charge in [-0.1, -0.05) is 0 Å². The molecule has 0 radical (unpaired) electrons. The second-order valence-corrected chi connectivity index (χ2v) is 9.46. The van der Waals surface area contributed by atoms with Crippen LogP contribution in [0.25, 0.3) is 10.9 Å². The highest BCUT2D eigenvalue weighted by molar-refractivity contribution is 5.99. The van der Waals surface area contributed by atoms with Gasteiger partial charge >= 0.3 is 0 Å². The lowest BCUT2D eigenvalue weighted by Crippen LogP contribution is -2.39. The highest BCUT2D eigenvalue weighted by atomic mass is 16.5. The van der Waals surface area contributed by atoms with Crippen LogP contribution in [0.2, 0.25) is 0 Å². The van der Waals surface area contributed by atoms with E-state index >= 15 is 0 Å². The molecule has 0 unspecified atom stereocenters. The molecule has 1 aromatic carbocycles. The number of hydrogen-bond donors (Lipinski definition) is 4. The number of methoxy groups -OCH3 is 1. The number of benzene rings is 1. The summed E-state index contributed by atoms with van der Waals surface area (Å²) in [7, 11) is 1.50. The molecule has 2 aliphatic heterocycles. The Kier molecular flexibility index (Phi) is 9.18. The lowest BCUT2D eigenvalue weighted by Gasteiger charge is -2.31. The maximum atomic E-state index is 12.6. The molecule has 2 aromatic heterocycles. The number of hydroxylamine groups is 1. The summed E-state index contributed by atoms with van der Waals surface area (Å²) < 4.78 is 16.5. The molecule has 2 fully saturated rings. The fourth-order valence-corrected chi connectivity index (χ4v) is 4.62. The van der Waals surface area contributed by atoms with Crippen molar-refractivity contribution in [2.75, 3.05) is 80.1 Å². The quantitative estimate of drug-likeness (QED) is 0.205. The van der Waals surface area contributed by atoms with Crippen molar-refractivity contribution in [2.24, 2.45) is 0 Å². The molecule has 0 atom stereocenters. The molecular weight excluding hydrogens is 534 g/mol. The zero-order valence-corrected chi connectivity index (χ0v) is 22.8. The molecule has 15 heteroatoms. The van der Waals surface area contributed by atoms with E-state index in [1.165, 1.54) is 13.4 Å². The number of hydrogen-bond acceptors (Lipinski definition) is 13. The standard InChI is InChI=1S/C26H33N9O6/c1-39-20-14-18-17(13-19(20)29-23(36)3-2-4-24(37)33-38)25(28-16-27-18)32-26-30-21(34-5-9-40-10-6-34)15-22(31-26)35-7-11-41-12-8-35/h13-16,38H,2-12H2,1H3,(H,29,36)(H,33,37)(H,27,28,30,31,32). The average Bonchev–Trinajstić information content (AvgIpc) is 3.01. The Bertz CT molecular complexity index is 1340. The molecule has 2 aliphatic rings. The van der Waals surface area contributed by atoms with Crippen molar-refractivity contribution in [2.45, 2.75) is 19.3 Å². The SMILES string of the molecule is COc1cc2ncnc(Nc3nc(N4CCOCC4)cc(N4CCOCC4)n3)c2cc1NC(=O)CCCC(=O)NO. The zero-order valence-electron chi connectivity index (χ0n) is 22.8. The van der Waals surface area contributed by atoms with E-state index in [-0.39, 0.29) is 25.2 Å². The van der Waals surface area contributed by atoms with Crippen molar-refractivity contribution in [3.8, 4) is 5.75 Å². The monoisotopic (exact) mass is 567 g/mol. The third-order valence-electron chi connectivity index (χ3n) is 6.76. The van der Waals surface area contributed by atoms with Gasteiger partial charge in [0.05, 0.1) is 44.7 Å². The Morgan fingerprint density at radius 3 is 2.17 bits per heavy atom. The number of ether oxygens (including phenoxy) is 3. The summed E-state index contributed by atoms with van der Waals surface area (Å²) in [5.41, 5.74) is 2.57. The number of amides is 2. The van der Waals surface area contributed by atoms with Crippen molar-refractivity contribution in [3.05, 3.63) is 24.5 Å². The first-order valence-corrected chi connectivity index (χ1v) is 13.4. The first kappa shape index (κ1) is 28.2. The number of fused-ring (bicyclic) bond motifs is 1. The van der Waals surface area contributed by atoms with Crippen LogP contribution in [0.1, 0.15) is 19.3 Å². The second kappa shape index (κ2) is 13.3. The summed E-state index contributed by atoms with van der Waals surface area (Å²) in [6.07, 6.45) is 1.81. The number of carbonyl (C=O) groups is 2. The molecule has 15 nitrogen and oxygen atoms in total. The first-order valence-electron chi connectivity index (χ1n) is 13.4. The molecular formula is C26H33N9O6. The van der Waals surface area contributed by atoms with E-state index in [0.29, 0.717) is 60.5 Å². The third-order valence-corrected chi connectivity index (χ3v) is 6.76. The number of nitrogens with zero attached hydrogens (tertiary/aromatic N) is 6. The Balaban J connectivity index is 1.43. The second-order valence-electron chi connectivity index (χ2n) is 9.46. The van der Waals surface area contributed by atoms with Crippen LogP contribution in [0.4, 0.5) is 29.1 Å². The van der Waals surface area contributed by atoms with Gasteiger partial charge in [0.15, 0.2) is 0 Å². The van der Waals surface area contributed by atoms with Gasteiger partial charge in [-0.25, -0.2) is 15.4 Å². The average molecular weight is 568 g/mol. The van der Waals surface area contributed by atoms with Crippen molar-refractivity contribution < 1.29 is 29.0 Å². The first-order chi connectivity index (χ1) is 20.0. The zero-order chi connectivity index (χ0) is 28.6. The Morgan fingerprint density at radius 2 is 1.56 bits per heavy atom. The molecule has 0 spiro atoms. The fraction of sp³-hybridized carbons (Fsp3) is 0.462. The van der Waals surface area contributed by atoms with Crippen molar-refractivity contribution in [3.63, 3.8) is 0 Å². The summed E-state index contributed by atoms with van der Waals surface area (Å²) >= 11 is 0. The summed E-state index contributed by atoms with van der Waals surface area (Å²) in [6.45, 7) is 5.41. The van der Waals surface area contributed by atoms with E-state index in [2.05, 4.69) is 30.4 Å².